The Bertz CT molecular complexity index is 237. The molecule has 0 aliphatic carbocycles. The van der Waals surface area contributed by atoms with Gasteiger partial charge in [0.1, 0.15) is 0 Å². The zero-order chi connectivity index (χ0) is 8.97. The van der Waals surface area contributed by atoms with Crippen LogP contribution in [0.5, 0.6) is 0 Å². The monoisotopic (exact) mass is 187 g/mol. The van der Waals surface area contributed by atoms with Gasteiger partial charge in [-0.1, -0.05) is 6.92 Å². The summed E-state index contributed by atoms with van der Waals surface area (Å²) in [5, 5.41) is 10.4. The average Bonchev–Trinajstić information content (AvgIpc) is 2.52. The number of rotatable bonds is 4. The quantitative estimate of drug-likeness (QED) is 0.730. The second-order valence-corrected chi connectivity index (χ2v) is 3.46. The number of hydrogen-bond donors (Lipinski definition) is 1. The highest BCUT2D eigenvalue weighted by molar-refractivity contribution is 7.11. The highest BCUT2D eigenvalue weighted by Crippen LogP contribution is 2.21. The van der Waals surface area contributed by atoms with E-state index in [0.717, 1.165) is 16.3 Å². The molecule has 0 spiro atoms. The molecule has 0 saturated heterocycles. The van der Waals surface area contributed by atoms with E-state index < -0.39 is 6.29 Å². The molecule has 1 heterocycles. The number of aryl methyl sites for hydroxylation is 1. The maximum atomic E-state index is 9.38. The van der Waals surface area contributed by atoms with E-state index in [2.05, 4.69) is 4.98 Å². The highest BCUT2D eigenvalue weighted by Gasteiger charge is 2.09. The van der Waals surface area contributed by atoms with E-state index in [1.165, 1.54) is 11.3 Å². The molecular weight excluding hydrogens is 174 g/mol. The first-order valence-corrected chi connectivity index (χ1v) is 4.83. The Morgan fingerprint density at radius 2 is 2.42 bits per heavy atom. The summed E-state index contributed by atoms with van der Waals surface area (Å²) in [5.74, 6) is 0. The molecule has 0 radical (unpaired) electrons. The summed E-state index contributed by atoms with van der Waals surface area (Å²) in [4.78, 5) is 4.90. The van der Waals surface area contributed by atoms with Gasteiger partial charge in [0.05, 0.1) is 9.88 Å². The van der Waals surface area contributed by atoms with Crippen molar-refractivity contribution in [3.63, 3.8) is 0 Å². The summed E-state index contributed by atoms with van der Waals surface area (Å²) in [7, 11) is 0. The fourth-order valence-electron chi connectivity index (χ4n) is 0.842. The molecule has 4 heteroatoms. The lowest BCUT2D eigenvalue weighted by molar-refractivity contribution is -0.0956. The van der Waals surface area contributed by atoms with Crippen LogP contribution in [-0.4, -0.2) is 16.7 Å². The zero-order valence-corrected chi connectivity index (χ0v) is 8.10. The molecule has 3 nitrogen and oxygen atoms in total. The van der Waals surface area contributed by atoms with Crippen LogP contribution < -0.4 is 0 Å². The van der Waals surface area contributed by atoms with E-state index in [9.17, 15) is 5.11 Å². The summed E-state index contributed by atoms with van der Waals surface area (Å²) in [5.41, 5.74) is 0. The minimum absolute atomic E-state index is 0.514. The van der Waals surface area contributed by atoms with Crippen LogP contribution in [0.3, 0.4) is 0 Å². The van der Waals surface area contributed by atoms with Crippen molar-refractivity contribution in [3.05, 3.63) is 16.1 Å². The van der Waals surface area contributed by atoms with Crippen LogP contribution in [-0.2, 0) is 11.2 Å². The maximum absolute atomic E-state index is 9.38. The second kappa shape index (κ2) is 4.54. The Hall–Kier alpha value is -0.450. The van der Waals surface area contributed by atoms with Gasteiger partial charge in [0, 0.05) is 12.8 Å². The van der Waals surface area contributed by atoms with Crippen molar-refractivity contribution in [1.82, 2.24) is 4.98 Å². The molecule has 0 fully saturated rings. The van der Waals surface area contributed by atoms with Crippen LogP contribution in [0.4, 0.5) is 0 Å². The fourth-order valence-corrected chi connectivity index (χ4v) is 1.64. The molecule has 12 heavy (non-hydrogen) atoms. The third kappa shape index (κ3) is 2.27. The van der Waals surface area contributed by atoms with Crippen molar-refractivity contribution in [2.75, 3.05) is 6.61 Å². The van der Waals surface area contributed by atoms with Crippen molar-refractivity contribution < 1.29 is 9.84 Å². The van der Waals surface area contributed by atoms with E-state index in [0.29, 0.717) is 6.61 Å². The highest BCUT2D eigenvalue weighted by atomic mass is 32.1. The van der Waals surface area contributed by atoms with Crippen LogP contribution >= 0.6 is 11.3 Å². The van der Waals surface area contributed by atoms with Crippen molar-refractivity contribution >= 4 is 11.3 Å². The Morgan fingerprint density at radius 1 is 1.67 bits per heavy atom. The van der Waals surface area contributed by atoms with E-state index in [-0.39, 0.29) is 0 Å². The average molecular weight is 187 g/mol. The van der Waals surface area contributed by atoms with Crippen LogP contribution in [0.15, 0.2) is 6.20 Å². The Labute approximate surface area is 76.0 Å². The molecule has 0 aliphatic heterocycles. The van der Waals surface area contributed by atoms with Crippen molar-refractivity contribution in [2.45, 2.75) is 26.6 Å². The normalized spacial score (nSPS) is 13.2. The Morgan fingerprint density at radius 3 is 2.92 bits per heavy atom. The molecule has 0 aromatic carbocycles. The van der Waals surface area contributed by atoms with E-state index in [4.69, 9.17) is 4.74 Å². The predicted octanol–water partition coefficient (Wildman–Crippen LogP) is 1.73. The van der Waals surface area contributed by atoms with Crippen molar-refractivity contribution in [1.29, 1.82) is 0 Å². The second-order valence-electron chi connectivity index (χ2n) is 2.32. The fraction of sp³-hybridized carbons (Fsp3) is 0.625. The van der Waals surface area contributed by atoms with Gasteiger partial charge in [0.25, 0.3) is 0 Å². The van der Waals surface area contributed by atoms with E-state index in [1.807, 2.05) is 13.8 Å². The summed E-state index contributed by atoms with van der Waals surface area (Å²) in [6.07, 6.45) is 1.78. The number of hydrogen-bond acceptors (Lipinski definition) is 4. The first kappa shape index (κ1) is 9.64. The third-order valence-corrected chi connectivity index (χ3v) is 2.61. The molecule has 0 amide bonds. The largest absolute Gasteiger partial charge is 0.364 e. The van der Waals surface area contributed by atoms with Crippen LogP contribution in [0, 0.1) is 0 Å². The molecule has 0 bridgehead atoms. The molecule has 0 aliphatic rings. The molecule has 1 rings (SSSR count). The predicted molar refractivity (Wildman–Crippen MR) is 48.1 cm³/mol. The molecule has 1 aromatic heterocycles. The van der Waals surface area contributed by atoms with Gasteiger partial charge >= 0.3 is 0 Å². The van der Waals surface area contributed by atoms with Crippen molar-refractivity contribution in [2.24, 2.45) is 0 Å². The Kier molecular flexibility index (Phi) is 3.65. The number of thiazole rings is 1. The lowest BCUT2D eigenvalue weighted by atomic mass is 10.5. The van der Waals surface area contributed by atoms with Gasteiger partial charge in [-0.05, 0) is 13.3 Å². The van der Waals surface area contributed by atoms with Gasteiger partial charge in [-0.3, -0.25) is 0 Å². The molecular formula is C8H13NO2S. The number of nitrogens with zero attached hydrogens (tertiary/aromatic N) is 1. The zero-order valence-electron chi connectivity index (χ0n) is 7.28. The molecule has 1 aromatic rings. The van der Waals surface area contributed by atoms with Gasteiger partial charge in [0.15, 0.2) is 6.29 Å². The molecule has 68 valence electrons. The topological polar surface area (TPSA) is 42.4 Å². The summed E-state index contributed by atoms with van der Waals surface area (Å²) in [6.45, 7) is 4.40. The molecule has 0 saturated carbocycles. The number of aliphatic hydroxyl groups excluding tert-OH is 1. The summed E-state index contributed by atoms with van der Waals surface area (Å²) in [6, 6.07) is 0. The number of aliphatic hydroxyl groups is 1. The minimum Gasteiger partial charge on any atom is -0.364 e. The van der Waals surface area contributed by atoms with E-state index in [1.54, 1.807) is 6.20 Å². The van der Waals surface area contributed by atoms with Gasteiger partial charge in [0.2, 0.25) is 0 Å². The number of aromatic nitrogens is 1. The smallest absolute Gasteiger partial charge is 0.192 e. The first-order chi connectivity index (χ1) is 5.77. The first-order valence-electron chi connectivity index (χ1n) is 4.02. The summed E-state index contributed by atoms with van der Waals surface area (Å²) < 4.78 is 5.01. The van der Waals surface area contributed by atoms with Gasteiger partial charge in [-0.2, -0.15) is 0 Å². The van der Waals surface area contributed by atoms with Gasteiger partial charge < -0.3 is 9.84 Å². The van der Waals surface area contributed by atoms with Gasteiger partial charge in [-0.25, -0.2) is 4.98 Å². The van der Waals surface area contributed by atoms with Gasteiger partial charge in [-0.15, -0.1) is 11.3 Å². The molecule has 1 atom stereocenters. The Balaban J connectivity index is 2.61. The summed E-state index contributed by atoms with van der Waals surface area (Å²) >= 11 is 1.49. The SMILES string of the molecule is CCOC(O)c1cnc(CC)s1. The lowest BCUT2D eigenvalue weighted by Gasteiger charge is -2.05. The minimum atomic E-state index is -0.798. The lowest BCUT2D eigenvalue weighted by Crippen LogP contribution is -1.99. The third-order valence-electron chi connectivity index (χ3n) is 1.44. The van der Waals surface area contributed by atoms with Crippen LogP contribution in [0.1, 0.15) is 30.0 Å². The van der Waals surface area contributed by atoms with E-state index >= 15 is 0 Å². The number of ether oxygens (including phenoxy) is 1. The van der Waals surface area contributed by atoms with Crippen LogP contribution in [0.25, 0.3) is 0 Å². The van der Waals surface area contributed by atoms with Crippen molar-refractivity contribution in [3.8, 4) is 0 Å². The standard InChI is InChI=1S/C8H13NO2S/c1-3-7-9-5-6(12-7)8(10)11-4-2/h5,8,10H,3-4H2,1-2H3. The molecule has 1 N–H and O–H groups in total. The maximum Gasteiger partial charge on any atom is 0.192 e. The molecule has 1 unspecified atom stereocenters. The van der Waals surface area contributed by atoms with Crippen LogP contribution in [0.2, 0.25) is 0 Å².